The van der Waals surface area contributed by atoms with E-state index in [4.69, 9.17) is 10.5 Å². The number of nitrogens with one attached hydrogen (secondary N) is 1. The van der Waals surface area contributed by atoms with Crippen LogP contribution in [0.1, 0.15) is 0 Å². The number of hydrogen-bond donors (Lipinski definition) is 2. The molecule has 0 fully saturated rings. The molecule has 0 aliphatic carbocycles. The van der Waals surface area contributed by atoms with Crippen LogP contribution < -0.4 is 15.8 Å². The van der Waals surface area contributed by atoms with Gasteiger partial charge in [0.1, 0.15) is 12.4 Å². The Morgan fingerprint density at radius 2 is 1.84 bits per heavy atom. The van der Waals surface area contributed by atoms with Gasteiger partial charge in [0.05, 0.1) is 11.4 Å². The maximum absolute atomic E-state index is 5.53. The van der Waals surface area contributed by atoms with Gasteiger partial charge in [-0.05, 0) is 24.3 Å². The highest BCUT2D eigenvalue weighted by molar-refractivity contribution is 7.99. The molecule has 2 aromatic rings. The van der Waals surface area contributed by atoms with Gasteiger partial charge in [-0.2, -0.15) is 0 Å². The largest absolute Gasteiger partial charge is 0.492 e. The summed E-state index contributed by atoms with van der Waals surface area (Å²) in [5.41, 5.74) is 7.67. The summed E-state index contributed by atoms with van der Waals surface area (Å²) < 4.78 is 5.53. The molecule has 0 saturated carbocycles. The minimum Gasteiger partial charge on any atom is -0.492 e. The number of halogens is 1. The van der Waals surface area contributed by atoms with Gasteiger partial charge >= 0.3 is 0 Å². The lowest BCUT2D eigenvalue weighted by Crippen LogP contribution is -2.10. The van der Waals surface area contributed by atoms with Gasteiger partial charge in [0.2, 0.25) is 0 Å². The van der Waals surface area contributed by atoms with Gasteiger partial charge < -0.3 is 15.8 Å². The van der Waals surface area contributed by atoms with Gasteiger partial charge in [-0.15, -0.1) is 12.4 Å². The molecule has 19 heavy (non-hydrogen) atoms. The molecule has 0 aromatic heterocycles. The molecule has 3 nitrogen and oxygen atoms in total. The van der Waals surface area contributed by atoms with E-state index in [-0.39, 0.29) is 12.4 Å². The Labute approximate surface area is 122 Å². The molecule has 0 unspecified atom stereocenters. The smallest absolute Gasteiger partial charge is 0.121 e. The normalized spacial score (nSPS) is 11.6. The van der Waals surface area contributed by atoms with Crippen molar-refractivity contribution in [2.45, 2.75) is 9.79 Å². The Morgan fingerprint density at radius 3 is 2.68 bits per heavy atom. The second-order valence-electron chi connectivity index (χ2n) is 4.02. The lowest BCUT2D eigenvalue weighted by molar-refractivity contribution is 0.328. The third-order valence-electron chi connectivity index (χ3n) is 2.71. The molecule has 1 heterocycles. The third-order valence-corrected chi connectivity index (χ3v) is 3.87. The van der Waals surface area contributed by atoms with Crippen LogP contribution in [0.3, 0.4) is 0 Å². The summed E-state index contributed by atoms with van der Waals surface area (Å²) in [5.74, 6) is 0.853. The molecule has 0 saturated heterocycles. The Bertz CT molecular complexity index is 577. The van der Waals surface area contributed by atoms with Crippen molar-refractivity contribution < 1.29 is 4.74 Å². The van der Waals surface area contributed by atoms with E-state index in [9.17, 15) is 0 Å². The Kier molecular flexibility index (Phi) is 4.58. The van der Waals surface area contributed by atoms with Crippen LogP contribution in [-0.2, 0) is 0 Å². The van der Waals surface area contributed by atoms with Crippen molar-refractivity contribution in [3.63, 3.8) is 0 Å². The zero-order valence-electron chi connectivity index (χ0n) is 10.3. The predicted octanol–water partition coefficient (Wildman–Crippen LogP) is 3.65. The second-order valence-corrected chi connectivity index (χ2v) is 5.10. The highest BCUT2D eigenvalue weighted by Gasteiger charge is 2.15. The molecular weight excluding hydrogens is 280 g/mol. The minimum atomic E-state index is 0. The summed E-state index contributed by atoms with van der Waals surface area (Å²) in [5, 5.41) is 3.43. The van der Waals surface area contributed by atoms with Crippen LogP contribution >= 0.6 is 24.2 Å². The van der Waals surface area contributed by atoms with E-state index in [1.165, 1.54) is 9.79 Å². The number of anilines is 2. The van der Waals surface area contributed by atoms with E-state index in [0.29, 0.717) is 13.2 Å². The van der Waals surface area contributed by atoms with E-state index in [0.717, 1.165) is 17.1 Å². The molecule has 2 aromatic carbocycles. The Balaban J connectivity index is 0.00000133. The summed E-state index contributed by atoms with van der Waals surface area (Å²) in [7, 11) is 0. The molecule has 1 aliphatic rings. The molecule has 3 N–H and O–H groups in total. The zero-order valence-corrected chi connectivity index (χ0v) is 11.9. The number of hydrogen-bond acceptors (Lipinski definition) is 4. The van der Waals surface area contributed by atoms with E-state index in [2.05, 4.69) is 29.6 Å². The first-order valence-corrected chi connectivity index (χ1v) is 6.69. The third kappa shape index (κ3) is 2.97. The second kappa shape index (κ2) is 6.19. The van der Waals surface area contributed by atoms with Crippen molar-refractivity contribution in [3.8, 4) is 5.75 Å². The molecule has 0 atom stereocenters. The van der Waals surface area contributed by atoms with Crippen molar-refractivity contribution in [2.24, 2.45) is 5.73 Å². The standard InChI is InChI=1S/C14H14N2OS.ClH/c15-7-8-17-10-5-6-14-12(9-10)16-11-3-1-2-4-13(11)18-14;/h1-6,9,16H,7-8,15H2;1H. The highest BCUT2D eigenvalue weighted by Crippen LogP contribution is 2.44. The van der Waals surface area contributed by atoms with Crippen LogP contribution in [0, 0.1) is 0 Å². The van der Waals surface area contributed by atoms with Crippen LogP contribution in [0.15, 0.2) is 52.3 Å². The maximum atomic E-state index is 5.53. The quantitative estimate of drug-likeness (QED) is 0.774. The number of ether oxygens (including phenoxy) is 1. The number of benzene rings is 2. The van der Waals surface area contributed by atoms with Crippen molar-refractivity contribution in [1.29, 1.82) is 0 Å². The minimum absolute atomic E-state index is 0. The van der Waals surface area contributed by atoms with E-state index in [1.54, 1.807) is 11.8 Å². The van der Waals surface area contributed by atoms with Crippen molar-refractivity contribution >= 4 is 35.5 Å². The fraction of sp³-hybridized carbons (Fsp3) is 0.143. The fourth-order valence-electron chi connectivity index (χ4n) is 1.88. The highest BCUT2D eigenvalue weighted by atomic mass is 35.5. The van der Waals surface area contributed by atoms with Crippen molar-refractivity contribution in [2.75, 3.05) is 18.5 Å². The van der Waals surface area contributed by atoms with Gasteiger partial charge in [-0.1, -0.05) is 23.9 Å². The first-order valence-electron chi connectivity index (χ1n) is 5.87. The van der Waals surface area contributed by atoms with E-state index in [1.807, 2.05) is 18.2 Å². The lowest BCUT2D eigenvalue weighted by Gasteiger charge is -2.21. The van der Waals surface area contributed by atoms with Crippen molar-refractivity contribution in [3.05, 3.63) is 42.5 Å². The molecule has 1 aliphatic heterocycles. The topological polar surface area (TPSA) is 47.3 Å². The zero-order chi connectivity index (χ0) is 12.4. The molecule has 0 radical (unpaired) electrons. The van der Waals surface area contributed by atoms with Gasteiger partial charge in [0.15, 0.2) is 0 Å². The maximum Gasteiger partial charge on any atom is 0.121 e. The fourth-order valence-corrected chi connectivity index (χ4v) is 2.85. The molecule has 0 bridgehead atoms. The van der Waals surface area contributed by atoms with Crippen LogP contribution in [0.5, 0.6) is 5.75 Å². The molecule has 0 spiro atoms. The monoisotopic (exact) mass is 294 g/mol. The molecular formula is C14H15ClN2OS. The molecule has 100 valence electrons. The van der Waals surface area contributed by atoms with Gasteiger partial charge in [-0.3, -0.25) is 0 Å². The average Bonchev–Trinajstić information content (AvgIpc) is 2.42. The first kappa shape index (κ1) is 14.1. The first-order chi connectivity index (χ1) is 8.86. The summed E-state index contributed by atoms with van der Waals surface area (Å²) in [4.78, 5) is 2.47. The molecule has 3 rings (SSSR count). The van der Waals surface area contributed by atoms with Crippen LogP contribution in [0.2, 0.25) is 0 Å². The number of rotatable bonds is 3. The van der Waals surface area contributed by atoms with E-state index < -0.39 is 0 Å². The summed E-state index contributed by atoms with van der Waals surface area (Å²) in [6.07, 6.45) is 0. The predicted molar refractivity (Wildman–Crippen MR) is 82.1 cm³/mol. The number of para-hydroxylation sites is 1. The van der Waals surface area contributed by atoms with Crippen molar-refractivity contribution in [1.82, 2.24) is 0 Å². The summed E-state index contributed by atoms with van der Waals surface area (Å²) in [6.45, 7) is 1.07. The summed E-state index contributed by atoms with van der Waals surface area (Å²) >= 11 is 1.77. The Hall–Kier alpha value is -1.36. The average molecular weight is 295 g/mol. The van der Waals surface area contributed by atoms with Gasteiger partial charge in [0.25, 0.3) is 0 Å². The van der Waals surface area contributed by atoms with Crippen LogP contribution in [0.4, 0.5) is 11.4 Å². The Morgan fingerprint density at radius 1 is 1.05 bits per heavy atom. The molecule has 5 heteroatoms. The lowest BCUT2D eigenvalue weighted by atomic mass is 10.2. The van der Waals surface area contributed by atoms with Crippen LogP contribution in [0.25, 0.3) is 0 Å². The van der Waals surface area contributed by atoms with Crippen LogP contribution in [-0.4, -0.2) is 13.2 Å². The van der Waals surface area contributed by atoms with Gasteiger partial charge in [0, 0.05) is 22.4 Å². The SMILES string of the molecule is Cl.NCCOc1ccc2c(c1)Nc1ccccc1S2. The van der Waals surface area contributed by atoms with E-state index >= 15 is 0 Å². The number of fused-ring (bicyclic) bond motifs is 2. The summed E-state index contributed by atoms with van der Waals surface area (Å²) in [6, 6.07) is 14.4. The number of nitrogens with two attached hydrogens (primary N) is 1. The van der Waals surface area contributed by atoms with Gasteiger partial charge in [-0.25, -0.2) is 0 Å². The molecule has 0 amide bonds.